The van der Waals surface area contributed by atoms with Crippen LogP contribution in [-0.2, 0) is 16.8 Å². The number of phenolic OH excluding ortho intramolecular Hbond substituents is 2. The number of halogens is 2. The third-order valence-corrected chi connectivity index (χ3v) is 6.94. The molecular weight excluding hydrogens is 411 g/mol. The molecule has 2 aliphatic heterocycles. The van der Waals surface area contributed by atoms with Crippen LogP contribution < -0.4 is 4.90 Å². The summed E-state index contributed by atoms with van der Waals surface area (Å²) in [5, 5.41) is 21.4. The van der Waals surface area contributed by atoms with E-state index in [1.54, 1.807) is 25.1 Å². The molecule has 1 fully saturated rings. The predicted molar refractivity (Wildman–Crippen MR) is 115 cm³/mol. The largest absolute Gasteiger partial charge is 0.504 e. The van der Waals surface area contributed by atoms with E-state index in [0.717, 1.165) is 37.2 Å². The predicted octanol–water partition coefficient (Wildman–Crippen LogP) is 4.35. The van der Waals surface area contributed by atoms with Crippen LogP contribution in [-0.4, -0.2) is 47.1 Å². The summed E-state index contributed by atoms with van der Waals surface area (Å²) in [6.45, 7) is 4.49. The minimum atomic E-state index is -0.986. The standard InChI is InChI=1S/C22H24Cl2N2O3/c1-14(27)22(13-25-9-2-3-10-25)17-5-7-20(28)21(29)16(17)8-11-26(22)15-4-6-18(23)19(24)12-15/h4-7,12,28-29H,2-3,8-11,13H2,1H3. The lowest BCUT2D eigenvalue weighted by molar-refractivity contribution is -0.123. The molecule has 0 spiro atoms. The van der Waals surface area contributed by atoms with E-state index < -0.39 is 5.54 Å². The van der Waals surface area contributed by atoms with Crippen LogP contribution in [0.5, 0.6) is 11.5 Å². The zero-order valence-corrected chi connectivity index (χ0v) is 17.8. The zero-order chi connectivity index (χ0) is 20.8. The fourth-order valence-electron chi connectivity index (χ4n) is 4.75. The molecule has 0 bridgehead atoms. The number of carbonyl (C=O) groups excluding carboxylic acids is 1. The molecule has 0 aromatic heterocycles. The summed E-state index contributed by atoms with van der Waals surface area (Å²) in [5.74, 6) is -0.310. The van der Waals surface area contributed by atoms with Crippen molar-refractivity contribution in [2.24, 2.45) is 0 Å². The van der Waals surface area contributed by atoms with Crippen molar-refractivity contribution >= 4 is 34.7 Å². The summed E-state index contributed by atoms with van der Waals surface area (Å²) >= 11 is 12.4. The van der Waals surface area contributed by atoms with Gasteiger partial charge in [0.25, 0.3) is 0 Å². The molecule has 2 heterocycles. The second-order valence-electron chi connectivity index (χ2n) is 7.86. The highest BCUT2D eigenvalue weighted by atomic mass is 35.5. The molecule has 2 N–H and O–H groups in total. The van der Waals surface area contributed by atoms with E-state index in [9.17, 15) is 15.0 Å². The van der Waals surface area contributed by atoms with Crippen molar-refractivity contribution in [1.29, 1.82) is 0 Å². The first-order chi connectivity index (χ1) is 13.8. The number of likely N-dealkylation sites (tertiary alicyclic amines) is 1. The molecule has 0 radical (unpaired) electrons. The zero-order valence-electron chi connectivity index (χ0n) is 16.3. The molecule has 29 heavy (non-hydrogen) atoms. The Kier molecular flexibility index (Phi) is 5.40. The quantitative estimate of drug-likeness (QED) is 0.700. The van der Waals surface area contributed by atoms with Gasteiger partial charge in [0, 0.05) is 24.3 Å². The third-order valence-electron chi connectivity index (χ3n) is 6.20. The van der Waals surface area contributed by atoms with Crippen LogP contribution in [0.2, 0.25) is 10.0 Å². The number of hydrogen-bond acceptors (Lipinski definition) is 5. The molecule has 4 rings (SSSR count). The SMILES string of the molecule is CC(=O)C1(CN2CCCC2)c2ccc(O)c(O)c2CCN1c1ccc(Cl)c(Cl)c1. The van der Waals surface area contributed by atoms with Crippen molar-refractivity contribution in [2.75, 3.05) is 31.1 Å². The summed E-state index contributed by atoms with van der Waals surface area (Å²) in [7, 11) is 0. The maximum absolute atomic E-state index is 13.3. The Balaban J connectivity index is 1.92. The Bertz CT molecular complexity index is 959. The van der Waals surface area contributed by atoms with E-state index >= 15 is 0 Å². The third kappa shape index (κ3) is 3.35. The highest BCUT2D eigenvalue weighted by Crippen LogP contribution is 2.46. The Labute approximate surface area is 180 Å². The van der Waals surface area contributed by atoms with Gasteiger partial charge in [0.1, 0.15) is 5.54 Å². The molecule has 2 aromatic rings. The number of carbonyl (C=O) groups is 1. The number of benzene rings is 2. The Morgan fingerprint density at radius 2 is 1.79 bits per heavy atom. The summed E-state index contributed by atoms with van der Waals surface area (Å²) < 4.78 is 0. The van der Waals surface area contributed by atoms with Crippen molar-refractivity contribution in [1.82, 2.24) is 4.90 Å². The molecule has 7 heteroatoms. The number of Topliss-reactive ketones (excluding diaryl/α,β-unsaturated/α-hetero) is 1. The smallest absolute Gasteiger partial charge is 0.161 e. The maximum atomic E-state index is 13.3. The lowest BCUT2D eigenvalue weighted by atomic mass is 9.76. The molecule has 154 valence electrons. The van der Waals surface area contributed by atoms with Crippen LogP contribution in [0.25, 0.3) is 0 Å². The number of ketones is 1. The van der Waals surface area contributed by atoms with E-state index in [2.05, 4.69) is 9.80 Å². The monoisotopic (exact) mass is 434 g/mol. The topological polar surface area (TPSA) is 64.0 Å². The normalized spacial score (nSPS) is 22.0. The molecule has 0 saturated carbocycles. The van der Waals surface area contributed by atoms with Crippen LogP contribution in [0.3, 0.4) is 0 Å². The van der Waals surface area contributed by atoms with Gasteiger partial charge in [-0.3, -0.25) is 4.79 Å². The second-order valence-corrected chi connectivity index (χ2v) is 8.67. The molecule has 2 aromatic carbocycles. The number of aromatic hydroxyl groups is 2. The first-order valence-electron chi connectivity index (χ1n) is 9.85. The van der Waals surface area contributed by atoms with Gasteiger partial charge in [-0.05, 0) is 69.1 Å². The fourth-order valence-corrected chi connectivity index (χ4v) is 5.05. The molecule has 1 unspecified atom stereocenters. The molecule has 1 atom stereocenters. The van der Waals surface area contributed by atoms with Crippen LogP contribution in [0.4, 0.5) is 5.69 Å². The van der Waals surface area contributed by atoms with Gasteiger partial charge in [-0.1, -0.05) is 29.3 Å². The van der Waals surface area contributed by atoms with Gasteiger partial charge in [0.15, 0.2) is 17.3 Å². The van der Waals surface area contributed by atoms with Gasteiger partial charge in [-0.2, -0.15) is 0 Å². The minimum absolute atomic E-state index is 0.0125. The van der Waals surface area contributed by atoms with Crippen LogP contribution in [0.1, 0.15) is 30.9 Å². The molecule has 5 nitrogen and oxygen atoms in total. The maximum Gasteiger partial charge on any atom is 0.161 e. The number of rotatable bonds is 4. The van der Waals surface area contributed by atoms with Crippen molar-refractivity contribution in [2.45, 2.75) is 31.7 Å². The lowest BCUT2D eigenvalue weighted by Crippen LogP contribution is -2.60. The van der Waals surface area contributed by atoms with Gasteiger partial charge in [-0.25, -0.2) is 0 Å². The molecule has 0 aliphatic carbocycles. The highest BCUT2D eigenvalue weighted by Gasteiger charge is 2.49. The van der Waals surface area contributed by atoms with Gasteiger partial charge >= 0.3 is 0 Å². The van der Waals surface area contributed by atoms with E-state index in [0.29, 0.717) is 35.1 Å². The van der Waals surface area contributed by atoms with Gasteiger partial charge < -0.3 is 20.0 Å². The van der Waals surface area contributed by atoms with E-state index in [-0.39, 0.29) is 17.3 Å². The van der Waals surface area contributed by atoms with Crippen molar-refractivity contribution in [3.8, 4) is 11.5 Å². The first kappa shape index (κ1) is 20.3. The van der Waals surface area contributed by atoms with Gasteiger partial charge in [0.2, 0.25) is 0 Å². The minimum Gasteiger partial charge on any atom is -0.504 e. The number of nitrogens with zero attached hydrogens (tertiary/aromatic N) is 2. The summed E-state index contributed by atoms with van der Waals surface area (Å²) in [6.07, 6.45) is 2.72. The number of hydrogen-bond donors (Lipinski definition) is 2. The summed E-state index contributed by atoms with van der Waals surface area (Å²) in [5.41, 5.74) is 1.20. The Morgan fingerprint density at radius 3 is 2.45 bits per heavy atom. The van der Waals surface area contributed by atoms with Gasteiger partial charge in [0.05, 0.1) is 10.0 Å². The van der Waals surface area contributed by atoms with E-state index in [4.69, 9.17) is 23.2 Å². The fraction of sp³-hybridized carbons (Fsp3) is 0.409. The van der Waals surface area contributed by atoms with E-state index in [1.807, 2.05) is 6.07 Å². The summed E-state index contributed by atoms with van der Waals surface area (Å²) in [4.78, 5) is 17.7. The lowest BCUT2D eigenvalue weighted by Gasteiger charge is -2.49. The van der Waals surface area contributed by atoms with Crippen molar-refractivity contribution < 1.29 is 15.0 Å². The molecule has 0 amide bonds. The first-order valence-corrected chi connectivity index (χ1v) is 10.6. The summed E-state index contributed by atoms with van der Waals surface area (Å²) in [6, 6.07) is 8.64. The number of phenols is 2. The average Bonchev–Trinajstić information content (AvgIpc) is 3.20. The Hall–Kier alpha value is -1.95. The van der Waals surface area contributed by atoms with E-state index in [1.165, 1.54) is 6.07 Å². The Morgan fingerprint density at radius 1 is 1.07 bits per heavy atom. The second kappa shape index (κ2) is 7.71. The molecule has 2 aliphatic rings. The molecule has 1 saturated heterocycles. The van der Waals surface area contributed by atoms with Crippen LogP contribution in [0, 0.1) is 0 Å². The van der Waals surface area contributed by atoms with Crippen molar-refractivity contribution in [3.63, 3.8) is 0 Å². The number of anilines is 1. The molecular formula is C22H24Cl2N2O3. The highest BCUT2D eigenvalue weighted by molar-refractivity contribution is 6.42. The average molecular weight is 435 g/mol. The van der Waals surface area contributed by atoms with Crippen molar-refractivity contribution in [3.05, 3.63) is 51.5 Å². The van der Waals surface area contributed by atoms with Gasteiger partial charge in [-0.15, -0.1) is 0 Å². The van der Waals surface area contributed by atoms with Crippen LogP contribution >= 0.6 is 23.2 Å². The number of fused-ring (bicyclic) bond motifs is 1. The van der Waals surface area contributed by atoms with Crippen LogP contribution in [0.15, 0.2) is 30.3 Å².